The van der Waals surface area contributed by atoms with Gasteiger partial charge in [0.2, 0.25) is 0 Å². The van der Waals surface area contributed by atoms with Crippen LogP contribution in [0.1, 0.15) is 49.9 Å². The topological polar surface area (TPSA) is 51.0 Å². The Morgan fingerprint density at radius 3 is 2.55 bits per heavy atom. The lowest BCUT2D eigenvalue weighted by atomic mass is 9.78. The van der Waals surface area contributed by atoms with Crippen LogP contribution in [0.3, 0.4) is 0 Å². The van der Waals surface area contributed by atoms with Gasteiger partial charge >= 0.3 is 6.01 Å². The molecule has 2 fully saturated rings. The summed E-state index contributed by atoms with van der Waals surface area (Å²) in [5.41, 5.74) is 1.27. The molecule has 0 radical (unpaired) electrons. The summed E-state index contributed by atoms with van der Waals surface area (Å²) >= 11 is 0. The average molecular weight is 269 g/mol. The molecule has 2 aliphatic carbocycles. The second-order valence-corrected chi connectivity index (χ2v) is 6.00. The first-order valence-corrected chi connectivity index (χ1v) is 7.53. The molecule has 104 valence electrons. The normalized spacial score (nSPS) is 21.0. The molecule has 0 spiro atoms. The summed E-state index contributed by atoms with van der Waals surface area (Å²) < 4.78 is 5.40. The Morgan fingerprint density at radius 2 is 1.85 bits per heavy atom. The summed E-state index contributed by atoms with van der Waals surface area (Å²) in [6.45, 7) is 0. The molecule has 4 heteroatoms. The molecule has 2 saturated carbocycles. The fourth-order valence-corrected chi connectivity index (χ4v) is 3.26. The largest absolute Gasteiger partial charge is 0.335 e. The van der Waals surface area contributed by atoms with Crippen molar-refractivity contribution >= 4 is 6.01 Å². The maximum atomic E-state index is 5.40. The molecule has 0 amide bonds. The van der Waals surface area contributed by atoms with Crippen LogP contribution in [0.15, 0.2) is 34.9 Å². The Hall–Kier alpha value is -1.84. The van der Waals surface area contributed by atoms with Crippen molar-refractivity contribution in [1.82, 2.24) is 10.1 Å². The van der Waals surface area contributed by atoms with Gasteiger partial charge in [0, 0.05) is 6.04 Å². The number of anilines is 1. The summed E-state index contributed by atoms with van der Waals surface area (Å²) in [4.78, 5) is 4.63. The number of rotatable bonds is 4. The SMILES string of the molecule is c1ccc(C2(c3noc(NC4CC4)n3)CCCC2)cc1. The van der Waals surface area contributed by atoms with Crippen molar-refractivity contribution in [3.05, 3.63) is 41.7 Å². The zero-order valence-corrected chi connectivity index (χ0v) is 11.5. The van der Waals surface area contributed by atoms with Crippen LogP contribution in [-0.2, 0) is 5.41 Å². The third-order valence-electron chi connectivity index (χ3n) is 4.54. The smallest absolute Gasteiger partial charge is 0.321 e. The lowest BCUT2D eigenvalue weighted by Crippen LogP contribution is -2.25. The zero-order chi connectivity index (χ0) is 13.4. The second-order valence-electron chi connectivity index (χ2n) is 6.00. The van der Waals surface area contributed by atoms with E-state index in [1.807, 2.05) is 0 Å². The zero-order valence-electron chi connectivity index (χ0n) is 11.5. The summed E-state index contributed by atoms with van der Waals surface area (Å²) in [6.07, 6.45) is 7.10. The Bertz CT molecular complexity index is 583. The van der Waals surface area contributed by atoms with Gasteiger partial charge in [0.05, 0.1) is 5.41 Å². The van der Waals surface area contributed by atoms with Crippen LogP contribution in [0.25, 0.3) is 0 Å². The Morgan fingerprint density at radius 1 is 1.10 bits per heavy atom. The summed E-state index contributed by atoms with van der Waals surface area (Å²) in [6, 6.07) is 11.8. The van der Waals surface area contributed by atoms with Crippen molar-refractivity contribution in [1.29, 1.82) is 0 Å². The highest BCUT2D eigenvalue weighted by atomic mass is 16.5. The highest BCUT2D eigenvalue weighted by Gasteiger charge is 2.41. The molecule has 4 nitrogen and oxygen atoms in total. The molecule has 0 atom stereocenters. The number of hydrogen-bond donors (Lipinski definition) is 1. The molecule has 4 rings (SSSR count). The second kappa shape index (κ2) is 4.62. The molecule has 1 heterocycles. The lowest BCUT2D eigenvalue weighted by Gasteiger charge is -2.25. The first kappa shape index (κ1) is 11.9. The molecule has 1 aromatic carbocycles. The van der Waals surface area contributed by atoms with E-state index in [-0.39, 0.29) is 5.41 Å². The van der Waals surface area contributed by atoms with Crippen molar-refractivity contribution in [2.75, 3.05) is 5.32 Å². The summed E-state index contributed by atoms with van der Waals surface area (Å²) in [5, 5.41) is 7.57. The summed E-state index contributed by atoms with van der Waals surface area (Å²) in [7, 11) is 0. The molecule has 0 unspecified atom stereocenters. The van der Waals surface area contributed by atoms with E-state index in [4.69, 9.17) is 4.52 Å². The minimum absolute atomic E-state index is 0.0474. The molecule has 1 aromatic heterocycles. The van der Waals surface area contributed by atoms with Crippen LogP contribution >= 0.6 is 0 Å². The predicted octanol–water partition coefficient (Wildman–Crippen LogP) is 3.50. The third kappa shape index (κ3) is 1.99. The predicted molar refractivity (Wildman–Crippen MR) is 76.6 cm³/mol. The van der Waals surface area contributed by atoms with Crippen LogP contribution in [0.2, 0.25) is 0 Å². The molecular formula is C16H19N3O. The summed E-state index contributed by atoms with van der Waals surface area (Å²) in [5.74, 6) is 0.851. The first-order valence-electron chi connectivity index (χ1n) is 7.53. The van der Waals surface area contributed by atoms with Gasteiger partial charge < -0.3 is 9.84 Å². The lowest BCUT2D eigenvalue weighted by molar-refractivity contribution is 0.395. The van der Waals surface area contributed by atoms with Crippen LogP contribution in [0.5, 0.6) is 0 Å². The van der Waals surface area contributed by atoms with Crippen molar-refractivity contribution in [2.24, 2.45) is 0 Å². The Balaban J connectivity index is 1.69. The quantitative estimate of drug-likeness (QED) is 0.923. The Kier molecular flexibility index (Phi) is 2.76. The molecule has 0 bridgehead atoms. The van der Waals surface area contributed by atoms with Crippen molar-refractivity contribution in [3.8, 4) is 0 Å². The van der Waals surface area contributed by atoms with E-state index in [0.717, 1.165) is 18.7 Å². The number of nitrogens with zero attached hydrogens (tertiary/aromatic N) is 2. The van der Waals surface area contributed by atoms with Crippen LogP contribution in [0.4, 0.5) is 6.01 Å². The molecule has 0 saturated heterocycles. The van der Waals surface area contributed by atoms with Crippen LogP contribution in [0, 0.1) is 0 Å². The molecule has 2 aliphatic rings. The number of aromatic nitrogens is 2. The number of hydrogen-bond acceptors (Lipinski definition) is 4. The van der Waals surface area contributed by atoms with Gasteiger partial charge in [-0.1, -0.05) is 48.3 Å². The van der Waals surface area contributed by atoms with Crippen molar-refractivity contribution in [3.63, 3.8) is 0 Å². The fraction of sp³-hybridized carbons (Fsp3) is 0.500. The molecule has 2 aromatic rings. The van der Waals surface area contributed by atoms with Gasteiger partial charge in [0.1, 0.15) is 0 Å². The van der Waals surface area contributed by atoms with E-state index >= 15 is 0 Å². The van der Waals surface area contributed by atoms with Gasteiger partial charge in [0.25, 0.3) is 0 Å². The average Bonchev–Trinajstić information content (AvgIpc) is 2.99. The first-order chi connectivity index (χ1) is 9.87. The van der Waals surface area contributed by atoms with Gasteiger partial charge in [-0.2, -0.15) is 4.98 Å². The number of nitrogens with one attached hydrogen (secondary N) is 1. The molecule has 20 heavy (non-hydrogen) atoms. The van der Waals surface area contributed by atoms with E-state index in [9.17, 15) is 0 Å². The van der Waals surface area contributed by atoms with Gasteiger partial charge in [-0.25, -0.2) is 0 Å². The van der Waals surface area contributed by atoms with Gasteiger partial charge in [-0.15, -0.1) is 0 Å². The molecular weight excluding hydrogens is 250 g/mol. The van der Waals surface area contributed by atoms with E-state index in [2.05, 4.69) is 45.8 Å². The maximum absolute atomic E-state index is 5.40. The number of benzene rings is 1. The maximum Gasteiger partial charge on any atom is 0.321 e. The van der Waals surface area contributed by atoms with E-state index in [1.54, 1.807) is 0 Å². The van der Waals surface area contributed by atoms with Crippen LogP contribution in [-0.4, -0.2) is 16.2 Å². The van der Waals surface area contributed by atoms with Crippen molar-refractivity contribution < 1.29 is 4.52 Å². The highest BCUT2D eigenvalue weighted by Crippen LogP contribution is 2.45. The van der Waals surface area contributed by atoms with E-state index in [0.29, 0.717) is 12.1 Å². The minimum Gasteiger partial charge on any atom is -0.335 e. The fourth-order valence-electron chi connectivity index (χ4n) is 3.26. The van der Waals surface area contributed by atoms with E-state index in [1.165, 1.54) is 31.2 Å². The van der Waals surface area contributed by atoms with Gasteiger partial charge in [0.15, 0.2) is 5.82 Å². The van der Waals surface area contributed by atoms with Crippen molar-refractivity contribution in [2.45, 2.75) is 50.0 Å². The highest BCUT2D eigenvalue weighted by molar-refractivity contribution is 5.36. The molecule has 1 N–H and O–H groups in total. The van der Waals surface area contributed by atoms with Gasteiger partial charge in [-0.3, -0.25) is 0 Å². The van der Waals surface area contributed by atoms with Gasteiger partial charge in [-0.05, 0) is 31.2 Å². The third-order valence-corrected chi connectivity index (χ3v) is 4.54. The van der Waals surface area contributed by atoms with Crippen LogP contribution < -0.4 is 5.32 Å². The minimum atomic E-state index is -0.0474. The monoisotopic (exact) mass is 269 g/mol. The Labute approximate surface area is 118 Å². The molecule has 0 aliphatic heterocycles. The van der Waals surface area contributed by atoms with E-state index < -0.39 is 0 Å². The standard InChI is InChI=1S/C16H19N3O/c1-2-6-12(7-3-1)16(10-4-5-11-16)14-18-15(20-19-14)17-13-8-9-13/h1-3,6-7,13H,4-5,8-11H2,(H,17,18,19).